The molecule has 0 radical (unpaired) electrons. The van der Waals surface area contributed by atoms with E-state index in [0.29, 0.717) is 24.6 Å². The topological polar surface area (TPSA) is 68.3 Å². The van der Waals surface area contributed by atoms with Gasteiger partial charge in [-0.05, 0) is 19.4 Å². The Kier molecular flexibility index (Phi) is 7.27. The average molecular weight is 364 g/mol. The number of nitrogens with zero attached hydrogens (tertiary/aromatic N) is 1. The molecule has 0 aliphatic heterocycles. The van der Waals surface area contributed by atoms with Gasteiger partial charge in [0.15, 0.2) is 4.34 Å². The van der Waals surface area contributed by atoms with E-state index in [0.717, 1.165) is 9.90 Å². The normalized spacial score (nSPS) is 10.4. The molecule has 2 aromatic rings. The number of hydrogen-bond donors (Lipinski definition) is 1. The highest BCUT2D eigenvalue weighted by atomic mass is 32.2. The number of benzene rings is 1. The van der Waals surface area contributed by atoms with Gasteiger partial charge in [0.2, 0.25) is 5.91 Å². The molecule has 0 fully saturated rings. The van der Waals surface area contributed by atoms with Crippen molar-refractivity contribution in [2.75, 3.05) is 12.4 Å². The van der Waals surface area contributed by atoms with E-state index in [1.807, 2.05) is 36.6 Å². The monoisotopic (exact) mass is 364 g/mol. The van der Waals surface area contributed by atoms with Gasteiger partial charge in [0.25, 0.3) is 0 Å². The number of aromatic nitrogens is 1. The van der Waals surface area contributed by atoms with Gasteiger partial charge < -0.3 is 10.1 Å². The van der Waals surface area contributed by atoms with E-state index in [2.05, 4.69) is 10.3 Å². The molecule has 0 atom stereocenters. The fraction of sp³-hybridized carbons (Fsp3) is 0.353. The average Bonchev–Trinajstić information content (AvgIpc) is 3.00. The highest BCUT2D eigenvalue weighted by Crippen LogP contribution is 2.22. The Bertz CT molecular complexity index is 683. The summed E-state index contributed by atoms with van der Waals surface area (Å²) in [5.41, 5.74) is 2.95. The van der Waals surface area contributed by atoms with Crippen molar-refractivity contribution in [2.45, 2.75) is 31.2 Å². The predicted molar refractivity (Wildman–Crippen MR) is 96.2 cm³/mol. The van der Waals surface area contributed by atoms with Gasteiger partial charge in [-0.1, -0.05) is 41.6 Å². The molecular weight excluding hydrogens is 344 g/mol. The molecule has 128 valence electrons. The van der Waals surface area contributed by atoms with Gasteiger partial charge in [0.1, 0.15) is 0 Å². The lowest BCUT2D eigenvalue weighted by Gasteiger charge is -2.05. The highest BCUT2D eigenvalue weighted by Gasteiger charge is 2.10. The Morgan fingerprint density at radius 3 is 2.75 bits per heavy atom. The van der Waals surface area contributed by atoms with Gasteiger partial charge in [-0.15, -0.1) is 11.3 Å². The molecule has 1 N–H and O–H groups in total. The molecule has 0 aliphatic rings. The van der Waals surface area contributed by atoms with Crippen molar-refractivity contribution >= 4 is 35.0 Å². The Balaban J connectivity index is 1.72. The Morgan fingerprint density at radius 1 is 1.29 bits per heavy atom. The second-order valence-electron chi connectivity index (χ2n) is 5.14. The molecule has 1 heterocycles. The van der Waals surface area contributed by atoms with Crippen molar-refractivity contribution in [3.05, 3.63) is 46.5 Å². The van der Waals surface area contributed by atoms with Crippen molar-refractivity contribution in [1.29, 1.82) is 0 Å². The van der Waals surface area contributed by atoms with Gasteiger partial charge in [-0.3, -0.25) is 9.59 Å². The lowest BCUT2D eigenvalue weighted by molar-refractivity contribution is -0.142. The number of amides is 1. The zero-order chi connectivity index (χ0) is 17.4. The maximum absolute atomic E-state index is 11.9. The van der Waals surface area contributed by atoms with Crippen LogP contribution in [0.25, 0.3) is 0 Å². The predicted octanol–water partition coefficient (Wildman–Crippen LogP) is 2.97. The van der Waals surface area contributed by atoms with Gasteiger partial charge in [-0.2, -0.15) is 0 Å². The summed E-state index contributed by atoms with van der Waals surface area (Å²) < 4.78 is 5.67. The molecule has 0 unspecified atom stereocenters. The van der Waals surface area contributed by atoms with Crippen molar-refractivity contribution in [3.8, 4) is 0 Å². The molecule has 1 aromatic heterocycles. The van der Waals surface area contributed by atoms with Crippen LogP contribution in [0.5, 0.6) is 0 Å². The summed E-state index contributed by atoms with van der Waals surface area (Å²) in [5.74, 6) is -0.0176. The Labute approximate surface area is 149 Å². The van der Waals surface area contributed by atoms with Crippen LogP contribution in [0.2, 0.25) is 0 Å². The molecule has 0 saturated heterocycles. The van der Waals surface area contributed by atoms with Crippen LogP contribution in [0.4, 0.5) is 0 Å². The quantitative estimate of drug-likeness (QED) is 0.576. The van der Waals surface area contributed by atoms with Crippen molar-refractivity contribution in [3.63, 3.8) is 0 Å². The SMILES string of the molecule is CCOC(=O)Cc1csc(SCC(=O)NCc2ccc(C)cc2)n1. The summed E-state index contributed by atoms with van der Waals surface area (Å²) in [6.45, 7) is 4.69. The van der Waals surface area contributed by atoms with Crippen LogP contribution in [0.3, 0.4) is 0 Å². The molecule has 24 heavy (non-hydrogen) atoms. The first-order chi connectivity index (χ1) is 11.6. The lowest BCUT2D eigenvalue weighted by Crippen LogP contribution is -2.24. The highest BCUT2D eigenvalue weighted by molar-refractivity contribution is 8.01. The summed E-state index contributed by atoms with van der Waals surface area (Å²) in [7, 11) is 0. The maximum atomic E-state index is 11.9. The minimum atomic E-state index is -0.282. The van der Waals surface area contributed by atoms with Crippen LogP contribution in [-0.2, 0) is 27.3 Å². The molecule has 0 aliphatic carbocycles. The van der Waals surface area contributed by atoms with Crippen LogP contribution in [-0.4, -0.2) is 29.2 Å². The van der Waals surface area contributed by atoms with Gasteiger partial charge in [0.05, 0.1) is 24.5 Å². The fourth-order valence-electron chi connectivity index (χ4n) is 1.88. The molecule has 0 bridgehead atoms. The molecule has 1 aromatic carbocycles. The number of carbonyl (C=O) groups excluding carboxylic acids is 2. The number of ether oxygens (including phenoxy) is 1. The first-order valence-electron chi connectivity index (χ1n) is 7.62. The molecular formula is C17H20N2O3S2. The summed E-state index contributed by atoms with van der Waals surface area (Å²) in [5, 5.41) is 4.71. The van der Waals surface area contributed by atoms with E-state index in [1.165, 1.54) is 28.7 Å². The van der Waals surface area contributed by atoms with E-state index < -0.39 is 0 Å². The number of hydrogen-bond acceptors (Lipinski definition) is 6. The number of esters is 1. The van der Waals surface area contributed by atoms with Crippen LogP contribution < -0.4 is 5.32 Å². The third-order valence-electron chi connectivity index (χ3n) is 3.10. The Morgan fingerprint density at radius 2 is 2.04 bits per heavy atom. The minimum Gasteiger partial charge on any atom is -0.466 e. The van der Waals surface area contributed by atoms with E-state index in [4.69, 9.17) is 4.74 Å². The van der Waals surface area contributed by atoms with E-state index in [9.17, 15) is 9.59 Å². The first-order valence-corrected chi connectivity index (χ1v) is 9.48. The van der Waals surface area contributed by atoms with E-state index >= 15 is 0 Å². The Hall–Kier alpha value is -1.86. The standard InChI is InChI=1S/C17H20N2O3S2/c1-3-22-16(21)8-14-10-23-17(19-14)24-11-15(20)18-9-13-6-4-12(2)5-7-13/h4-7,10H,3,8-9,11H2,1-2H3,(H,18,20). The lowest BCUT2D eigenvalue weighted by atomic mass is 10.1. The molecule has 7 heteroatoms. The second kappa shape index (κ2) is 9.44. The third-order valence-corrected chi connectivity index (χ3v) is 5.17. The van der Waals surface area contributed by atoms with Gasteiger partial charge in [-0.25, -0.2) is 4.98 Å². The third kappa shape index (κ3) is 6.33. The zero-order valence-electron chi connectivity index (χ0n) is 13.7. The van der Waals surface area contributed by atoms with E-state index in [-0.39, 0.29) is 18.3 Å². The second-order valence-corrected chi connectivity index (χ2v) is 7.22. The smallest absolute Gasteiger partial charge is 0.311 e. The molecule has 1 amide bonds. The summed E-state index contributed by atoms with van der Waals surface area (Å²) in [4.78, 5) is 27.6. The van der Waals surface area contributed by atoms with Gasteiger partial charge in [0, 0.05) is 11.9 Å². The van der Waals surface area contributed by atoms with E-state index in [1.54, 1.807) is 6.92 Å². The number of rotatable bonds is 8. The molecule has 0 spiro atoms. The summed E-state index contributed by atoms with van der Waals surface area (Å²) in [6, 6.07) is 8.06. The summed E-state index contributed by atoms with van der Waals surface area (Å²) >= 11 is 2.80. The van der Waals surface area contributed by atoms with Crippen LogP contribution in [0, 0.1) is 6.92 Å². The number of carbonyl (C=O) groups is 2. The zero-order valence-corrected chi connectivity index (χ0v) is 15.3. The maximum Gasteiger partial charge on any atom is 0.311 e. The van der Waals surface area contributed by atoms with Crippen LogP contribution in [0.1, 0.15) is 23.7 Å². The number of thiazole rings is 1. The summed E-state index contributed by atoms with van der Waals surface area (Å²) in [6.07, 6.45) is 0.171. The largest absolute Gasteiger partial charge is 0.466 e. The molecule has 5 nitrogen and oxygen atoms in total. The molecule has 2 rings (SSSR count). The number of nitrogens with one attached hydrogen (secondary N) is 1. The van der Waals surface area contributed by atoms with Crippen molar-refractivity contribution < 1.29 is 14.3 Å². The number of aryl methyl sites for hydroxylation is 1. The van der Waals surface area contributed by atoms with Gasteiger partial charge >= 0.3 is 5.97 Å². The van der Waals surface area contributed by atoms with Crippen molar-refractivity contribution in [2.24, 2.45) is 0 Å². The van der Waals surface area contributed by atoms with Crippen LogP contribution >= 0.6 is 23.1 Å². The number of thioether (sulfide) groups is 1. The van der Waals surface area contributed by atoms with Crippen LogP contribution in [0.15, 0.2) is 34.0 Å². The fourth-order valence-corrected chi connectivity index (χ4v) is 3.56. The molecule has 0 saturated carbocycles. The van der Waals surface area contributed by atoms with Crippen molar-refractivity contribution in [1.82, 2.24) is 10.3 Å². The first kappa shape index (κ1) is 18.5. The minimum absolute atomic E-state index is 0.0392.